The van der Waals surface area contributed by atoms with E-state index >= 15 is 0 Å². The van der Waals surface area contributed by atoms with Crippen LogP contribution in [0.5, 0.6) is 5.75 Å². The average Bonchev–Trinajstić information content (AvgIpc) is 2.83. The number of carbonyl (C=O) groups is 2. The molecule has 20 heavy (non-hydrogen) atoms. The number of amides is 1. The van der Waals surface area contributed by atoms with Crippen LogP contribution in [0, 0.1) is 0 Å². The van der Waals surface area contributed by atoms with Crippen LogP contribution in [0.1, 0.15) is 10.5 Å². The van der Waals surface area contributed by atoms with Crippen LogP contribution in [0.15, 0.2) is 36.8 Å². The van der Waals surface area contributed by atoms with Gasteiger partial charge in [0.2, 0.25) is 0 Å². The van der Waals surface area contributed by atoms with Gasteiger partial charge in [-0.3, -0.25) is 4.79 Å². The first-order valence-electron chi connectivity index (χ1n) is 5.78. The Balaban J connectivity index is 2.06. The lowest BCUT2D eigenvalue weighted by Crippen LogP contribution is -2.15. The van der Waals surface area contributed by atoms with Crippen LogP contribution < -0.4 is 10.1 Å². The molecule has 1 aromatic carbocycles. The molecule has 104 valence electrons. The molecule has 7 nitrogen and oxygen atoms in total. The number of nitrogens with one attached hydrogen (secondary N) is 1. The third-order valence-corrected chi connectivity index (χ3v) is 2.50. The molecule has 7 heteroatoms. The first kappa shape index (κ1) is 13.6. The van der Waals surface area contributed by atoms with Gasteiger partial charge < -0.3 is 19.7 Å². The van der Waals surface area contributed by atoms with E-state index in [1.165, 1.54) is 12.5 Å². The summed E-state index contributed by atoms with van der Waals surface area (Å²) in [5, 5.41) is 11.2. The quantitative estimate of drug-likeness (QED) is 0.853. The average molecular weight is 275 g/mol. The molecule has 0 bridgehead atoms. The number of carboxylic acid groups (broad SMARTS) is 1. The zero-order valence-electron chi connectivity index (χ0n) is 10.7. The molecule has 2 aromatic rings. The number of carboxylic acids is 1. The SMILES string of the molecule is Cn1cncc1C(=O)Nc1cccc(OCC(=O)O)c1. The third kappa shape index (κ3) is 3.35. The minimum absolute atomic E-state index is 0.305. The highest BCUT2D eigenvalue weighted by Gasteiger charge is 2.10. The minimum atomic E-state index is -1.06. The summed E-state index contributed by atoms with van der Waals surface area (Å²) in [7, 11) is 1.72. The largest absolute Gasteiger partial charge is 0.482 e. The molecule has 0 spiro atoms. The van der Waals surface area contributed by atoms with E-state index in [4.69, 9.17) is 9.84 Å². The number of hydrogen-bond donors (Lipinski definition) is 2. The van der Waals surface area contributed by atoms with Crippen LogP contribution >= 0.6 is 0 Å². The lowest BCUT2D eigenvalue weighted by molar-refractivity contribution is -0.139. The van der Waals surface area contributed by atoms with Crippen molar-refractivity contribution < 1.29 is 19.4 Å². The van der Waals surface area contributed by atoms with E-state index in [1.807, 2.05) is 0 Å². The number of aryl methyl sites for hydroxylation is 1. The summed E-state index contributed by atoms with van der Waals surface area (Å²) in [6.07, 6.45) is 2.99. The van der Waals surface area contributed by atoms with Crippen molar-refractivity contribution in [3.63, 3.8) is 0 Å². The van der Waals surface area contributed by atoms with Crippen LogP contribution in [-0.2, 0) is 11.8 Å². The normalized spacial score (nSPS) is 10.1. The predicted molar refractivity (Wildman–Crippen MR) is 70.7 cm³/mol. The maximum atomic E-state index is 12.0. The molecule has 2 N–H and O–H groups in total. The van der Waals surface area contributed by atoms with E-state index in [-0.39, 0.29) is 5.91 Å². The number of benzene rings is 1. The number of nitrogens with zero attached hydrogens (tertiary/aromatic N) is 2. The smallest absolute Gasteiger partial charge is 0.341 e. The molecule has 2 rings (SSSR count). The monoisotopic (exact) mass is 275 g/mol. The van der Waals surface area contributed by atoms with Crippen molar-refractivity contribution in [3.05, 3.63) is 42.5 Å². The van der Waals surface area contributed by atoms with Gasteiger partial charge in [0.15, 0.2) is 6.61 Å². The molecular weight excluding hydrogens is 262 g/mol. The molecular formula is C13H13N3O4. The number of hydrogen-bond acceptors (Lipinski definition) is 4. The fraction of sp³-hybridized carbons (Fsp3) is 0.154. The van der Waals surface area contributed by atoms with Gasteiger partial charge in [-0.05, 0) is 12.1 Å². The number of ether oxygens (including phenoxy) is 1. The van der Waals surface area contributed by atoms with Crippen molar-refractivity contribution in [2.75, 3.05) is 11.9 Å². The Morgan fingerprint density at radius 2 is 2.25 bits per heavy atom. The van der Waals surface area contributed by atoms with E-state index in [2.05, 4.69) is 10.3 Å². The predicted octanol–water partition coefficient (Wildman–Crippen LogP) is 1.14. The molecule has 1 aromatic heterocycles. The molecule has 0 aliphatic heterocycles. The lowest BCUT2D eigenvalue weighted by atomic mass is 10.3. The standard InChI is InChI=1S/C13H13N3O4/c1-16-8-14-6-11(16)13(19)15-9-3-2-4-10(5-9)20-7-12(17)18/h2-6,8H,7H2,1H3,(H,15,19)(H,17,18). The fourth-order valence-corrected chi connectivity index (χ4v) is 1.58. The number of aliphatic carboxylic acids is 1. The summed E-state index contributed by atoms with van der Waals surface area (Å²) in [5.74, 6) is -0.995. The van der Waals surface area contributed by atoms with Crippen molar-refractivity contribution in [2.45, 2.75) is 0 Å². The zero-order chi connectivity index (χ0) is 14.5. The van der Waals surface area contributed by atoms with Gasteiger partial charge in [-0.15, -0.1) is 0 Å². The number of rotatable bonds is 5. The van der Waals surface area contributed by atoms with Crippen LogP contribution in [0.25, 0.3) is 0 Å². The van der Waals surface area contributed by atoms with Gasteiger partial charge in [0.25, 0.3) is 5.91 Å². The second-order valence-corrected chi connectivity index (χ2v) is 4.05. The van der Waals surface area contributed by atoms with E-state index in [0.717, 1.165) is 0 Å². The number of anilines is 1. The maximum absolute atomic E-state index is 12.0. The summed E-state index contributed by atoms with van der Waals surface area (Å²) in [4.78, 5) is 26.3. The Morgan fingerprint density at radius 3 is 2.90 bits per heavy atom. The second-order valence-electron chi connectivity index (χ2n) is 4.05. The zero-order valence-corrected chi connectivity index (χ0v) is 10.7. The van der Waals surface area contributed by atoms with Gasteiger partial charge >= 0.3 is 5.97 Å². The van der Waals surface area contributed by atoms with Crippen molar-refractivity contribution in [1.29, 1.82) is 0 Å². The Morgan fingerprint density at radius 1 is 1.45 bits per heavy atom. The van der Waals surface area contributed by atoms with Gasteiger partial charge in [0.05, 0.1) is 12.5 Å². The highest BCUT2D eigenvalue weighted by molar-refractivity contribution is 6.03. The van der Waals surface area contributed by atoms with Crippen LogP contribution in [0.2, 0.25) is 0 Å². The Hall–Kier alpha value is -2.83. The summed E-state index contributed by atoms with van der Waals surface area (Å²) in [6.45, 7) is -0.431. The van der Waals surface area contributed by atoms with E-state index in [0.29, 0.717) is 17.1 Å². The molecule has 0 aliphatic carbocycles. The Bertz CT molecular complexity index is 636. The summed E-state index contributed by atoms with van der Waals surface area (Å²) in [6, 6.07) is 6.51. The van der Waals surface area contributed by atoms with Crippen LogP contribution in [0.3, 0.4) is 0 Å². The first-order valence-corrected chi connectivity index (χ1v) is 5.78. The van der Waals surface area contributed by atoms with Crippen LogP contribution in [-0.4, -0.2) is 33.1 Å². The topological polar surface area (TPSA) is 93.5 Å². The van der Waals surface area contributed by atoms with Crippen molar-refractivity contribution in [3.8, 4) is 5.75 Å². The van der Waals surface area contributed by atoms with E-state index in [1.54, 1.807) is 35.9 Å². The van der Waals surface area contributed by atoms with Gasteiger partial charge in [-0.25, -0.2) is 9.78 Å². The molecule has 0 aliphatic rings. The number of imidazole rings is 1. The second kappa shape index (κ2) is 5.87. The minimum Gasteiger partial charge on any atom is -0.482 e. The number of carbonyl (C=O) groups excluding carboxylic acids is 1. The van der Waals surface area contributed by atoms with Gasteiger partial charge in [-0.1, -0.05) is 6.07 Å². The molecule has 0 radical (unpaired) electrons. The summed E-state index contributed by atoms with van der Waals surface area (Å²) < 4.78 is 6.63. The molecule has 1 heterocycles. The lowest BCUT2D eigenvalue weighted by Gasteiger charge is -2.08. The fourth-order valence-electron chi connectivity index (χ4n) is 1.58. The van der Waals surface area contributed by atoms with Crippen molar-refractivity contribution in [1.82, 2.24) is 9.55 Å². The van der Waals surface area contributed by atoms with Crippen molar-refractivity contribution in [2.24, 2.45) is 7.05 Å². The highest BCUT2D eigenvalue weighted by atomic mass is 16.5. The molecule has 0 atom stereocenters. The van der Waals surface area contributed by atoms with Gasteiger partial charge in [0, 0.05) is 18.8 Å². The Labute approximate surface area is 114 Å². The van der Waals surface area contributed by atoms with E-state index < -0.39 is 12.6 Å². The van der Waals surface area contributed by atoms with Gasteiger partial charge in [-0.2, -0.15) is 0 Å². The molecule has 0 saturated carbocycles. The third-order valence-electron chi connectivity index (χ3n) is 2.50. The highest BCUT2D eigenvalue weighted by Crippen LogP contribution is 2.18. The summed E-state index contributed by atoms with van der Waals surface area (Å²) >= 11 is 0. The summed E-state index contributed by atoms with van der Waals surface area (Å²) in [5.41, 5.74) is 0.931. The van der Waals surface area contributed by atoms with E-state index in [9.17, 15) is 9.59 Å². The molecule has 1 amide bonds. The number of aromatic nitrogens is 2. The maximum Gasteiger partial charge on any atom is 0.341 e. The van der Waals surface area contributed by atoms with Crippen molar-refractivity contribution >= 4 is 17.6 Å². The molecule has 0 fully saturated rings. The molecule has 0 unspecified atom stereocenters. The van der Waals surface area contributed by atoms with Gasteiger partial charge in [0.1, 0.15) is 11.4 Å². The molecule has 0 saturated heterocycles. The Kier molecular flexibility index (Phi) is 3.99. The first-order chi connectivity index (χ1) is 9.56. The van der Waals surface area contributed by atoms with Crippen LogP contribution in [0.4, 0.5) is 5.69 Å².